The van der Waals surface area contributed by atoms with Crippen molar-refractivity contribution in [2.24, 2.45) is 0 Å². The fourth-order valence-electron chi connectivity index (χ4n) is 0.937. The van der Waals surface area contributed by atoms with Gasteiger partial charge in [0.05, 0.1) is 0 Å². The number of rotatable bonds is 4. The second kappa shape index (κ2) is 8.60. The van der Waals surface area contributed by atoms with Gasteiger partial charge in [0.2, 0.25) is 0 Å². The van der Waals surface area contributed by atoms with Crippen molar-refractivity contribution in [1.82, 2.24) is 4.90 Å². The Bertz CT molecular complexity index is 151. The molecule has 0 saturated carbocycles. The molecule has 0 saturated heterocycles. The Kier molecular flexibility index (Phi) is 9.60. The number of hydrogen-bond donors (Lipinski definition) is 4. The third kappa shape index (κ3) is 9.61. The van der Waals surface area contributed by atoms with Crippen LogP contribution in [0.2, 0.25) is 0 Å². The molecule has 0 aromatic heterocycles. The van der Waals surface area contributed by atoms with Gasteiger partial charge in [0, 0.05) is 6.42 Å². The molecular formula is C9H21NO5. The number of carbonyl (C=O) groups is 1. The number of aliphatic hydroxyl groups excluding tert-OH is 3. The number of carboxylic acid groups (broad SMARTS) is 1. The highest BCUT2D eigenvalue weighted by Gasteiger charge is 2.20. The lowest BCUT2D eigenvalue weighted by molar-refractivity contribution is -0.159. The van der Waals surface area contributed by atoms with E-state index in [0.717, 1.165) is 0 Å². The molecule has 0 aromatic rings. The fraction of sp³-hybridized carbons (Fsp3) is 0.889. The Balaban J connectivity index is 0. The lowest BCUT2D eigenvalue weighted by Gasteiger charge is -2.30. The van der Waals surface area contributed by atoms with Crippen molar-refractivity contribution in [3.05, 3.63) is 0 Å². The summed E-state index contributed by atoms with van der Waals surface area (Å²) < 4.78 is 0. The van der Waals surface area contributed by atoms with Crippen LogP contribution in [-0.4, -0.2) is 50.0 Å². The molecule has 6 nitrogen and oxygen atoms in total. The zero-order valence-corrected chi connectivity index (χ0v) is 9.58. The predicted octanol–water partition coefficient (Wildman–Crippen LogP) is -0.216. The number of carboxylic acids is 1. The number of nitrogens with zero attached hydrogens (tertiary/aromatic N) is 1. The zero-order valence-electron chi connectivity index (χ0n) is 9.58. The monoisotopic (exact) mass is 223 g/mol. The Morgan fingerprint density at radius 2 is 1.27 bits per heavy atom. The van der Waals surface area contributed by atoms with Crippen molar-refractivity contribution >= 4 is 5.97 Å². The molecule has 0 heterocycles. The van der Waals surface area contributed by atoms with Gasteiger partial charge >= 0.3 is 5.97 Å². The van der Waals surface area contributed by atoms with Crippen LogP contribution in [0.1, 0.15) is 34.1 Å². The third-order valence-electron chi connectivity index (χ3n) is 1.60. The zero-order chi connectivity index (χ0) is 12.6. The van der Waals surface area contributed by atoms with Crippen molar-refractivity contribution in [2.75, 3.05) is 0 Å². The standard InChI is InChI=1S/C6H15NO3.C3H6O2/c1-4(8)7(5(2)9)6(3)10;1-2-3(4)5/h4-6,8-10H,1-3H3;2H2,1H3,(H,4,5). The predicted molar refractivity (Wildman–Crippen MR) is 54.8 cm³/mol. The summed E-state index contributed by atoms with van der Waals surface area (Å²) in [4.78, 5) is 10.5. The molecule has 0 rings (SSSR count). The normalized spacial score (nSPS) is 16.3. The van der Waals surface area contributed by atoms with Crippen LogP contribution in [0, 0.1) is 0 Å². The topological polar surface area (TPSA) is 101 Å². The summed E-state index contributed by atoms with van der Waals surface area (Å²) in [5, 5.41) is 34.6. The lowest BCUT2D eigenvalue weighted by Crippen LogP contribution is -2.45. The molecule has 0 aromatic carbocycles. The molecule has 0 spiro atoms. The van der Waals surface area contributed by atoms with Crippen molar-refractivity contribution in [1.29, 1.82) is 0 Å². The highest BCUT2D eigenvalue weighted by Crippen LogP contribution is 2.04. The third-order valence-corrected chi connectivity index (χ3v) is 1.60. The second-order valence-electron chi connectivity index (χ2n) is 3.09. The molecule has 0 bridgehead atoms. The van der Waals surface area contributed by atoms with Crippen molar-refractivity contribution in [3.8, 4) is 0 Å². The van der Waals surface area contributed by atoms with Crippen LogP contribution in [0.15, 0.2) is 0 Å². The van der Waals surface area contributed by atoms with Crippen LogP contribution in [0.25, 0.3) is 0 Å². The highest BCUT2D eigenvalue weighted by molar-refractivity contribution is 5.66. The van der Waals surface area contributed by atoms with E-state index in [2.05, 4.69) is 0 Å². The van der Waals surface area contributed by atoms with Gasteiger partial charge in [-0.15, -0.1) is 0 Å². The SMILES string of the molecule is CC(O)N(C(C)O)C(C)O.CCC(=O)O. The van der Waals surface area contributed by atoms with Crippen LogP contribution in [0.5, 0.6) is 0 Å². The number of hydrogen-bond acceptors (Lipinski definition) is 5. The lowest BCUT2D eigenvalue weighted by atomic mass is 10.4. The molecule has 4 N–H and O–H groups in total. The Morgan fingerprint density at radius 1 is 1.07 bits per heavy atom. The van der Waals surface area contributed by atoms with E-state index >= 15 is 0 Å². The molecule has 0 aliphatic rings. The van der Waals surface area contributed by atoms with Gasteiger partial charge in [0.1, 0.15) is 18.7 Å². The molecule has 3 atom stereocenters. The summed E-state index contributed by atoms with van der Waals surface area (Å²) in [5.74, 6) is -0.745. The van der Waals surface area contributed by atoms with E-state index in [9.17, 15) is 4.79 Å². The Morgan fingerprint density at radius 3 is 1.27 bits per heavy atom. The van der Waals surface area contributed by atoms with Gasteiger partial charge in [0.25, 0.3) is 0 Å². The summed E-state index contributed by atoms with van der Waals surface area (Å²) >= 11 is 0. The quantitative estimate of drug-likeness (QED) is 0.492. The number of aliphatic hydroxyl groups is 3. The molecule has 0 amide bonds. The largest absolute Gasteiger partial charge is 0.481 e. The van der Waals surface area contributed by atoms with Crippen LogP contribution in [0.4, 0.5) is 0 Å². The van der Waals surface area contributed by atoms with Crippen LogP contribution in [-0.2, 0) is 4.79 Å². The minimum absolute atomic E-state index is 0.222. The maximum atomic E-state index is 9.37. The van der Waals surface area contributed by atoms with Gasteiger partial charge in [-0.25, -0.2) is 4.90 Å². The van der Waals surface area contributed by atoms with E-state index in [1.807, 2.05) is 0 Å². The molecular weight excluding hydrogens is 202 g/mol. The molecule has 0 fully saturated rings. The first-order valence-electron chi connectivity index (χ1n) is 4.77. The second-order valence-corrected chi connectivity index (χ2v) is 3.09. The molecule has 15 heavy (non-hydrogen) atoms. The average molecular weight is 223 g/mol. The fourth-order valence-corrected chi connectivity index (χ4v) is 0.937. The van der Waals surface area contributed by atoms with E-state index in [-0.39, 0.29) is 6.42 Å². The maximum absolute atomic E-state index is 9.37. The molecule has 92 valence electrons. The van der Waals surface area contributed by atoms with Crippen molar-refractivity contribution < 1.29 is 25.2 Å². The molecule has 0 radical (unpaired) electrons. The van der Waals surface area contributed by atoms with Crippen LogP contribution < -0.4 is 0 Å². The molecule has 6 heteroatoms. The highest BCUT2D eigenvalue weighted by atomic mass is 16.4. The van der Waals surface area contributed by atoms with Crippen molar-refractivity contribution in [2.45, 2.75) is 52.8 Å². The van der Waals surface area contributed by atoms with Crippen LogP contribution >= 0.6 is 0 Å². The summed E-state index contributed by atoms with van der Waals surface area (Å²) in [7, 11) is 0. The Labute approximate surface area is 89.8 Å². The van der Waals surface area contributed by atoms with Gasteiger partial charge in [-0.1, -0.05) is 6.92 Å². The van der Waals surface area contributed by atoms with E-state index in [1.165, 1.54) is 25.7 Å². The first kappa shape index (κ1) is 16.7. The van der Waals surface area contributed by atoms with Gasteiger partial charge in [0.15, 0.2) is 0 Å². The summed E-state index contributed by atoms with van der Waals surface area (Å²) in [6.45, 7) is 6.06. The van der Waals surface area contributed by atoms with Gasteiger partial charge in [-0.2, -0.15) is 0 Å². The maximum Gasteiger partial charge on any atom is 0.303 e. The average Bonchev–Trinajstić information content (AvgIpc) is 2.02. The molecule has 3 unspecified atom stereocenters. The van der Waals surface area contributed by atoms with Crippen molar-refractivity contribution in [3.63, 3.8) is 0 Å². The first-order valence-corrected chi connectivity index (χ1v) is 4.77. The summed E-state index contributed by atoms with van der Waals surface area (Å²) in [6.07, 6.45) is -2.28. The molecule has 0 aliphatic carbocycles. The minimum atomic E-state index is -0.833. The van der Waals surface area contributed by atoms with E-state index < -0.39 is 24.7 Å². The Hall–Kier alpha value is -0.690. The molecule has 0 aliphatic heterocycles. The van der Waals surface area contributed by atoms with Gasteiger partial charge in [-0.05, 0) is 20.8 Å². The van der Waals surface area contributed by atoms with E-state index in [4.69, 9.17) is 20.4 Å². The van der Waals surface area contributed by atoms with E-state index in [1.54, 1.807) is 6.92 Å². The van der Waals surface area contributed by atoms with Gasteiger partial charge < -0.3 is 20.4 Å². The minimum Gasteiger partial charge on any atom is -0.481 e. The smallest absolute Gasteiger partial charge is 0.303 e. The summed E-state index contributed by atoms with van der Waals surface area (Å²) in [5.41, 5.74) is 0. The van der Waals surface area contributed by atoms with Crippen LogP contribution in [0.3, 0.4) is 0 Å². The van der Waals surface area contributed by atoms with Gasteiger partial charge in [-0.3, -0.25) is 4.79 Å². The first-order chi connectivity index (χ1) is 6.73. The number of aliphatic carboxylic acids is 1. The van der Waals surface area contributed by atoms with E-state index in [0.29, 0.717) is 0 Å². The summed E-state index contributed by atoms with van der Waals surface area (Å²) in [6, 6.07) is 0.